The number of hydrogen-bond acceptors (Lipinski definition) is 5. The average Bonchev–Trinajstić information content (AvgIpc) is 2.68. The molecule has 2 heterocycles. The highest BCUT2D eigenvalue weighted by atomic mass is 32.2. The Morgan fingerprint density at radius 3 is 2.40 bits per heavy atom. The smallest absolute Gasteiger partial charge is 0.244 e. The van der Waals surface area contributed by atoms with Gasteiger partial charge < -0.3 is 10.4 Å². The van der Waals surface area contributed by atoms with Crippen LogP contribution in [0.25, 0.3) is 0 Å². The molecular formula is C18H23N3O3S. The van der Waals surface area contributed by atoms with E-state index < -0.39 is 10.0 Å². The lowest BCUT2D eigenvalue weighted by molar-refractivity contribution is 0.276. The zero-order chi connectivity index (χ0) is 17.7. The first kappa shape index (κ1) is 17.8. The number of pyridine rings is 1. The molecule has 0 amide bonds. The van der Waals surface area contributed by atoms with Crippen molar-refractivity contribution in [1.29, 1.82) is 0 Å². The predicted molar refractivity (Wildman–Crippen MR) is 96.7 cm³/mol. The predicted octanol–water partition coefficient (Wildman–Crippen LogP) is 2.40. The molecular weight excluding hydrogens is 338 g/mol. The lowest BCUT2D eigenvalue weighted by Gasteiger charge is -2.25. The lowest BCUT2D eigenvalue weighted by Crippen LogP contribution is -2.35. The molecule has 2 N–H and O–H groups in total. The molecule has 134 valence electrons. The molecule has 1 atom stereocenters. The number of benzene rings is 1. The Labute approximate surface area is 148 Å². The fourth-order valence-corrected chi connectivity index (χ4v) is 4.43. The van der Waals surface area contributed by atoms with Gasteiger partial charge in [-0.2, -0.15) is 4.31 Å². The molecule has 25 heavy (non-hydrogen) atoms. The number of sulfonamides is 1. The highest BCUT2D eigenvalue weighted by Gasteiger charge is 2.26. The van der Waals surface area contributed by atoms with Gasteiger partial charge in [-0.05, 0) is 30.5 Å². The summed E-state index contributed by atoms with van der Waals surface area (Å²) in [6.45, 7) is 1.06. The van der Waals surface area contributed by atoms with Crippen molar-refractivity contribution in [3.63, 3.8) is 0 Å². The first-order valence-electron chi connectivity index (χ1n) is 8.50. The van der Waals surface area contributed by atoms with Crippen molar-refractivity contribution in [1.82, 2.24) is 9.29 Å². The van der Waals surface area contributed by atoms with E-state index in [9.17, 15) is 13.5 Å². The minimum atomic E-state index is -3.47. The van der Waals surface area contributed by atoms with Crippen molar-refractivity contribution in [3.8, 4) is 0 Å². The second-order valence-electron chi connectivity index (χ2n) is 6.13. The van der Waals surface area contributed by atoms with Crippen LogP contribution < -0.4 is 5.32 Å². The molecule has 7 heteroatoms. The Kier molecular flexibility index (Phi) is 5.67. The molecule has 0 aliphatic carbocycles. The number of piperidine rings is 1. The summed E-state index contributed by atoms with van der Waals surface area (Å²) >= 11 is 0. The van der Waals surface area contributed by atoms with E-state index in [1.807, 2.05) is 30.3 Å². The second kappa shape index (κ2) is 7.95. The molecule has 1 unspecified atom stereocenters. The Bertz CT molecular complexity index is 773. The van der Waals surface area contributed by atoms with Gasteiger partial charge in [0.1, 0.15) is 10.7 Å². The summed E-state index contributed by atoms with van der Waals surface area (Å²) in [5, 5.41) is 12.7. The zero-order valence-electron chi connectivity index (χ0n) is 14.0. The van der Waals surface area contributed by atoms with Crippen molar-refractivity contribution in [2.75, 3.05) is 25.0 Å². The van der Waals surface area contributed by atoms with Crippen molar-refractivity contribution >= 4 is 15.8 Å². The summed E-state index contributed by atoms with van der Waals surface area (Å²) in [5.74, 6) is 0.528. The topological polar surface area (TPSA) is 82.5 Å². The summed E-state index contributed by atoms with van der Waals surface area (Å²) in [6.07, 6.45) is 4.27. The fourth-order valence-electron chi connectivity index (χ4n) is 2.97. The fraction of sp³-hybridized carbons (Fsp3) is 0.389. The first-order chi connectivity index (χ1) is 12.1. The van der Waals surface area contributed by atoms with E-state index in [-0.39, 0.29) is 17.5 Å². The largest absolute Gasteiger partial charge is 0.394 e. The van der Waals surface area contributed by atoms with Gasteiger partial charge >= 0.3 is 0 Å². The van der Waals surface area contributed by atoms with Gasteiger partial charge in [0, 0.05) is 19.3 Å². The Balaban J connectivity index is 1.73. The monoisotopic (exact) mass is 361 g/mol. The average molecular weight is 361 g/mol. The molecule has 1 aliphatic heterocycles. The Morgan fingerprint density at radius 2 is 1.80 bits per heavy atom. The van der Waals surface area contributed by atoms with E-state index in [1.54, 1.807) is 12.1 Å². The third-order valence-electron chi connectivity index (χ3n) is 4.40. The van der Waals surface area contributed by atoms with Crippen LogP contribution in [0.1, 0.15) is 30.9 Å². The number of nitrogens with zero attached hydrogens (tertiary/aromatic N) is 2. The molecule has 2 aromatic rings. The Hall–Kier alpha value is -1.96. The molecule has 3 rings (SSSR count). The molecule has 0 radical (unpaired) electrons. The molecule has 1 aromatic carbocycles. The van der Waals surface area contributed by atoms with Gasteiger partial charge in [0.25, 0.3) is 0 Å². The summed E-state index contributed by atoms with van der Waals surface area (Å²) in [4.78, 5) is 4.43. The van der Waals surface area contributed by atoms with Crippen molar-refractivity contribution in [3.05, 3.63) is 54.2 Å². The SMILES string of the molecule is O=S(=O)(c1ccc(NC(CO)c2ccccc2)nc1)N1CCCCC1. The number of aliphatic hydroxyl groups excluding tert-OH is 1. The van der Waals surface area contributed by atoms with Crippen LogP contribution in [-0.2, 0) is 10.0 Å². The second-order valence-corrected chi connectivity index (χ2v) is 8.07. The molecule has 1 aliphatic rings. The van der Waals surface area contributed by atoms with Gasteiger partial charge in [-0.15, -0.1) is 0 Å². The standard InChI is InChI=1S/C18H23N3O3S/c22-14-17(15-7-3-1-4-8-15)20-18-10-9-16(13-19-18)25(23,24)21-11-5-2-6-12-21/h1,3-4,7-10,13,17,22H,2,5-6,11-12,14H2,(H,19,20). The minimum absolute atomic E-state index is 0.0838. The lowest BCUT2D eigenvalue weighted by atomic mass is 10.1. The molecule has 6 nitrogen and oxygen atoms in total. The van der Waals surface area contributed by atoms with Gasteiger partial charge in [0.05, 0.1) is 12.6 Å². The summed E-state index contributed by atoms with van der Waals surface area (Å²) < 4.78 is 26.8. The van der Waals surface area contributed by atoms with Crippen LogP contribution in [0.2, 0.25) is 0 Å². The Morgan fingerprint density at radius 1 is 1.08 bits per heavy atom. The van der Waals surface area contributed by atoms with Crippen LogP contribution in [0.15, 0.2) is 53.6 Å². The maximum Gasteiger partial charge on any atom is 0.244 e. The van der Waals surface area contributed by atoms with Gasteiger partial charge in [-0.25, -0.2) is 13.4 Å². The van der Waals surface area contributed by atoms with Crippen molar-refractivity contribution in [2.24, 2.45) is 0 Å². The highest BCUT2D eigenvalue weighted by Crippen LogP contribution is 2.22. The van der Waals surface area contributed by atoms with Crippen LogP contribution in [0.4, 0.5) is 5.82 Å². The van der Waals surface area contributed by atoms with E-state index in [0.717, 1.165) is 24.8 Å². The van der Waals surface area contributed by atoms with Gasteiger partial charge in [0.2, 0.25) is 10.0 Å². The van der Waals surface area contributed by atoms with Crippen molar-refractivity contribution < 1.29 is 13.5 Å². The third kappa shape index (κ3) is 4.18. The number of anilines is 1. The molecule has 1 aromatic heterocycles. The summed E-state index contributed by atoms with van der Waals surface area (Å²) in [5.41, 5.74) is 0.941. The maximum atomic E-state index is 12.6. The number of nitrogens with one attached hydrogen (secondary N) is 1. The van der Waals surface area contributed by atoms with E-state index >= 15 is 0 Å². The molecule has 0 spiro atoms. The van der Waals surface area contributed by atoms with Crippen LogP contribution in [-0.4, -0.2) is 42.5 Å². The number of aromatic nitrogens is 1. The van der Waals surface area contributed by atoms with Crippen LogP contribution >= 0.6 is 0 Å². The van der Waals surface area contributed by atoms with Crippen LogP contribution in [0.5, 0.6) is 0 Å². The highest BCUT2D eigenvalue weighted by molar-refractivity contribution is 7.89. The normalized spacial score (nSPS) is 17.2. The first-order valence-corrected chi connectivity index (χ1v) is 9.94. The molecule has 0 bridgehead atoms. The molecule has 0 saturated carbocycles. The van der Waals surface area contributed by atoms with Gasteiger partial charge in [-0.1, -0.05) is 36.8 Å². The van der Waals surface area contributed by atoms with Crippen LogP contribution in [0, 0.1) is 0 Å². The number of rotatable bonds is 6. The zero-order valence-corrected chi connectivity index (χ0v) is 14.8. The number of hydrogen-bond donors (Lipinski definition) is 2. The minimum Gasteiger partial charge on any atom is -0.394 e. The molecule has 1 fully saturated rings. The van der Waals surface area contributed by atoms with E-state index in [2.05, 4.69) is 10.3 Å². The van der Waals surface area contributed by atoms with Gasteiger partial charge in [0.15, 0.2) is 0 Å². The maximum absolute atomic E-state index is 12.6. The van der Waals surface area contributed by atoms with Crippen LogP contribution in [0.3, 0.4) is 0 Å². The van der Waals surface area contributed by atoms with E-state index in [1.165, 1.54) is 10.5 Å². The third-order valence-corrected chi connectivity index (χ3v) is 6.28. The number of aliphatic hydroxyl groups is 1. The summed E-state index contributed by atoms with van der Waals surface area (Å²) in [6, 6.07) is 12.5. The molecule has 1 saturated heterocycles. The quantitative estimate of drug-likeness (QED) is 0.826. The van der Waals surface area contributed by atoms with E-state index in [4.69, 9.17) is 0 Å². The van der Waals surface area contributed by atoms with E-state index in [0.29, 0.717) is 18.9 Å². The van der Waals surface area contributed by atoms with Crippen molar-refractivity contribution in [2.45, 2.75) is 30.2 Å². The van der Waals surface area contributed by atoms with Gasteiger partial charge in [-0.3, -0.25) is 0 Å². The summed E-state index contributed by atoms with van der Waals surface area (Å²) in [7, 11) is -3.47.